The molecule has 0 heterocycles. The van der Waals surface area contributed by atoms with Crippen molar-refractivity contribution < 1.29 is 31.8 Å². The van der Waals surface area contributed by atoms with Crippen LogP contribution in [0.5, 0.6) is 17.2 Å². The molecule has 0 aromatic heterocycles. The number of carbonyl (C=O) groups is 1. The molecule has 1 amide bonds. The fourth-order valence-electron chi connectivity index (χ4n) is 3.21. The maximum atomic E-state index is 13.5. The number of amides is 1. The number of anilines is 1. The zero-order valence-electron chi connectivity index (χ0n) is 19.7. The normalized spacial score (nSPS) is 11.0. The first-order valence-corrected chi connectivity index (χ1v) is 12.1. The van der Waals surface area contributed by atoms with Crippen molar-refractivity contribution in [1.82, 2.24) is 5.32 Å². The third-order valence-electron chi connectivity index (χ3n) is 5.06. The molecule has 0 fully saturated rings. The van der Waals surface area contributed by atoms with E-state index in [1.165, 1.54) is 62.8 Å². The summed E-state index contributed by atoms with van der Waals surface area (Å²) in [4.78, 5) is 12.8. The zero-order chi connectivity index (χ0) is 25.4. The number of hydrogen-bond donors (Lipinski definition) is 1. The van der Waals surface area contributed by atoms with E-state index in [-0.39, 0.29) is 29.6 Å². The van der Waals surface area contributed by atoms with Gasteiger partial charge in [0.1, 0.15) is 24.7 Å². The van der Waals surface area contributed by atoms with Gasteiger partial charge in [-0.3, -0.25) is 9.10 Å². The number of aryl methyl sites for hydroxylation is 1. The SMILES string of the molecule is COc1ccc(N(CC(=O)NCCOc2ccc(F)cc2)S(=O)(=O)c2ccc(C)cc2)cc1OC. The van der Waals surface area contributed by atoms with Gasteiger partial charge in [-0.05, 0) is 55.5 Å². The van der Waals surface area contributed by atoms with E-state index in [4.69, 9.17) is 14.2 Å². The van der Waals surface area contributed by atoms with Gasteiger partial charge in [0.25, 0.3) is 10.0 Å². The molecule has 3 aromatic carbocycles. The molecule has 0 aliphatic heterocycles. The number of halogens is 1. The Hall–Kier alpha value is -3.79. The van der Waals surface area contributed by atoms with Crippen molar-refractivity contribution in [1.29, 1.82) is 0 Å². The Labute approximate surface area is 204 Å². The van der Waals surface area contributed by atoms with Crippen molar-refractivity contribution in [2.24, 2.45) is 0 Å². The van der Waals surface area contributed by atoms with Crippen LogP contribution in [0, 0.1) is 12.7 Å². The lowest BCUT2D eigenvalue weighted by molar-refractivity contribution is -0.119. The number of nitrogens with zero attached hydrogens (tertiary/aromatic N) is 1. The van der Waals surface area contributed by atoms with Crippen LogP contribution in [0.1, 0.15) is 5.56 Å². The monoisotopic (exact) mass is 502 g/mol. The Balaban J connectivity index is 1.78. The Bertz CT molecular complexity index is 1250. The number of carbonyl (C=O) groups excluding carboxylic acids is 1. The lowest BCUT2D eigenvalue weighted by atomic mass is 10.2. The van der Waals surface area contributed by atoms with Gasteiger partial charge < -0.3 is 19.5 Å². The number of rotatable bonds is 11. The Morgan fingerprint density at radius 3 is 2.23 bits per heavy atom. The minimum Gasteiger partial charge on any atom is -0.493 e. The molecule has 0 atom stereocenters. The van der Waals surface area contributed by atoms with E-state index in [2.05, 4.69) is 5.32 Å². The van der Waals surface area contributed by atoms with Crippen LogP contribution in [0.3, 0.4) is 0 Å². The number of ether oxygens (including phenoxy) is 3. The quantitative estimate of drug-likeness (QED) is 0.403. The Morgan fingerprint density at radius 1 is 0.943 bits per heavy atom. The minimum atomic E-state index is -4.08. The third kappa shape index (κ3) is 6.63. The summed E-state index contributed by atoms with van der Waals surface area (Å²) in [6.45, 7) is 1.63. The predicted molar refractivity (Wildman–Crippen MR) is 130 cm³/mol. The molecule has 0 aliphatic rings. The number of methoxy groups -OCH3 is 2. The van der Waals surface area contributed by atoms with Crippen LogP contribution >= 0.6 is 0 Å². The van der Waals surface area contributed by atoms with Crippen molar-refractivity contribution in [3.8, 4) is 17.2 Å². The second kappa shape index (κ2) is 11.6. The van der Waals surface area contributed by atoms with Gasteiger partial charge in [-0.25, -0.2) is 12.8 Å². The van der Waals surface area contributed by atoms with Gasteiger partial charge in [0.15, 0.2) is 11.5 Å². The van der Waals surface area contributed by atoms with Gasteiger partial charge in [0.2, 0.25) is 5.91 Å². The summed E-state index contributed by atoms with van der Waals surface area (Å²) < 4.78 is 57.0. The molecular weight excluding hydrogens is 475 g/mol. The molecule has 0 unspecified atom stereocenters. The fraction of sp³-hybridized carbons (Fsp3) is 0.240. The molecule has 3 rings (SSSR count). The zero-order valence-corrected chi connectivity index (χ0v) is 20.5. The van der Waals surface area contributed by atoms with E-state index in [0.29, 0.717) is 17.2 Å². The smallest absolute Gasteiger partial charge is 0.264 e. The van der Waals surface area contributed by atoms with E-state index < -0.39 is 22.5 Å². The molecule has 35 heavy (non-hydrogen) atoms. The molecule has 0 saturated carbocycles. The average Bonchev–Trinajstić information content (AvgIpc) is 2.86. The summed E-state index contributed by atoms with van der Waals surface area (Å²) in [6.07, 6.45) is 0. The molecule has 8 nitrogen and oxygen atoms in total. The first-order valence-electron chi connectivity index (χ1n) is 10.7. The summed E-state index contributed by atoms with van der Waals surface area (Å²) in [5.74, 6) is 0.289. The number of nitrogens with one attached hydrogen (secondary N) is 1. The molecule has 1 N–H and O–H groups in total. The van der Waals surface area contributed by atoms with Crippen molar-refractivity contribution >= 4 is 21.6 Å². The van der Waals surface area contributed by atoms with Crippen molar-refractivity contribution in [3.05, 3.63) is 78.1 Å². The van der Waals surface area contributed by atoms with Crippen LogP contribution in [0.4, 0.5) is 10.1 Å². The van der Waals surface area contributed by atoms with Crippen molar-refractivity contribution in [2.75, 3.05) is 38.2 Å². The van der Waals surface area contributed by atoms with Gasteiger partial charge in [-0.15, -0.1) is 0 Å². The second-order valence-electron chi connectivity index (χ2n) is 7.52. The first kappa shape index (κ1) is 25.8. The largest absolute Gasteiger partial charge is 0.493 e. The molecule has 0 bridgehead atoms. The molecule has 0 radical (unpaired) electrons. The third-order valence-corrected chi connectivity index (χ3v) is 6.85. The van der Waals surface area contributed by atoms with Crippen LogP contribution < -0.4 is 23.8 Å². The van der Waals surface area contributed by atoms with Crippen molar-refractivity contribution in [3.63, 3.8) is 0 Å². The topological polar surface area (TPSA) is 94.2 Å². The average molecular weight is 503 g/mol. The van der Waals surface area contributed by atoms with E-state index in [9.17, 15) is 17.6 Å². The molecule has 0 spiro atoms. The Kier molecular flexibility index (Phi) is 8.53. The van der Waals surface area contributed by atoms with Gasteiger partial charge in [0, 0.05) is 6.07 Å². The van der Waals surface area contributed by atoms with Crippen LogP contribution in [0.25, 0.3) is 0 Å². The van der Waals surface area contributed by atoms with Crippen LogP contribution in [0.15, 0.2) is 71.6 Å². The lowest BCUT2D eigenvalue weighted by Gasteiger charge is -2.25. The molecule has 186 valence electrons. The van der Waals surface area contributed by atoms with E-state index in [1.807, 2.05) is 6.92 Å². The molecular formula is C25H27FN2O6S. The van der Waals surface area contributed by atoms with Crippen LogP contribution in [-0.4, -0.2) is 48.2 Å². The highest BCUT2D eigenvalue weighted by Gasteiger charge is 2.28. The minimum absolute atomic E-state index is 0.0466. The van der Waals surface area contributed by atoms with Gasteiger partial charge >= 0.3 is 0 Å². The highest BCUT2D eigenvalue weighted by atomic mass is 32.2. The van der Waals surface area contributed by atoms with Crippen LogP contribution in [-0.2, 0) is 14.8 Å². The van der Waals surface area contributed by atoms with Crippen molar-refractivity contribution in [2.45, 2.75) is 11.8 Å². The molecule has 0 saturated heterocycles. The maximum absolute atomic E-state index is 13.5. The fourth-order valence-corrected chi connectivity index (χ4v) is 4.62. The summed E-state index contributed by atoms with van der Waals surface area (Å²) in [5, 5.41) is 2.65. The molecule has 0 aliphatic carbocycles. The van der Waals surface area contributed by atoms with E-state index in [1.54, 1.807) is 18.2 Å². The second-order valence-corrected chi connectivity index (χ2v) is 9.38. The molecule has 3 aromatic rings. The summed E-state index contributed by atoms with van der Waals surface area (Å²) in [6, 6.07) is 16.5. The highest BCUT2D eigenvalue weighted by Crippen LogP contribution is 2.33. The number of benzene rings is 3. The lowest BCUT2D eigenvalue weighted by Crippen LogP contribution is -2.42. The first-order chi connectivity index (χ1) is 16.7. The summed E-state index contributed by atoms with van der Waals surface area (Å²) in [7, 11) is -1.17. The molecule has 10 heteroatoms. The Morgan fingerprint density at radius 2 is 1.60 bits per heavy atom. The standard InChI is InChI=1S/C25H27FN2O6S/c1-18-4-11-22(12-5-18)35(30,31)28(20-8-13-23(32-2)24(16-20)33-3)17-25(29)27-14-15-34-21-9-6-19(26)7-10-21/h4-13,16H,14-15,17H2,1-3H3,(H,27,29). The van der Waals surface area contributed by atoms with Gasteiger partial charge in [-0.2, -0.15) is 0 Å². The van der Waals surface area contributed by atoms with Gasteiger partial charge in [-0.1, -0.05) is 17.7 Å². The highest BCUT2D eigenvalue weighted by molar-refractivity contribution is 7.92. The summed E-state index contributed by atoms with van der Waals surface area (Å²) in [5.41, 5.74) is 1.14. The predicted octanol–water partition coefficient (Wildman–Crippen LogP) is 3.54. The number of hydrogen-bond acceptors (Lipinski definition) is 6. The maximum Gasteiger partial charge on any atom is 0.264 e. The van der Waals surface area contributed by atoms with E-state index in [0.717, 1.165) is 9.87 Å². The van der Waals surface area contributed by atoms with Gasteiger partial charge in [0.05, 0.1) is 31.3 Å². The summed E-state index contributed by atoms with van der Waals surface area (Å²) >= 11 is 0. The van der Waals surface area contributed by atoms with E-state index >= 15 is 0 Å². The van der Waals surface area contributed by atoms with Crippen LogP contribution in [0.2, 0.25) is 0 Å². The number of sulfonamides is 1.